The highest BCUT2D eigenvalue weighted by Crippen LogP contribution is 2.23. The fraction of sp³-hybridized carbons (Fsp3) is 0.500. The van der Waals surface area contributed by atoms with Crippen molar-refractivity contribution in [2.75, 3.05) is 12.3 Å². The Morgan fingerprint density at radius 3 is 2.47 bits per heavy atom. The van der Waals surface area contributed by atoms with Crippen molar-refractivity contribution in [2.24, 2.45) is 0 Å². The van der Waals surface area contributed by atoms with E-state index < -0.39 is 9.84 Å². The van der Waals surface area contributed by atoms with Crippen LogP contribution in [0.25, 0.3) is 0 Å². The van der Waals surface area contributed by atoms with Crippen LogP contribution in [0.3, 0.4) is 0 Å². The van der Waals surface area contributed by atoms with Crippen molar-refractivity contribution in [1.82, 2.24) is 5.32 Å². The van der Waals surface area contributed by atoms with Gasteiger partial charge in [-0.2, -0.15) is 0 Å². The highest BCUT2D eigenvalue weighted by Gasteiger charge is 2.21. The molecular formula is C12H18BrNO2S. The van der Waals surface area contributed by atoms with Gasteiger partial charge in [0.2, 0.25) is 0 Å². The van der Waals surface area contributed by atoms with E-state index in [4.69, 9.17) is 0 Å². The molecule has 0 saturated heterocycles. The quantitative estimate of drug-likeness (QED) is 0.876. The molecule has 17 heavy (non-hydrogen) atoms. The third-order valence-corrected chi connectivity index (χ3v) is 5.40. The van der Waals surface area contributed by atoms with Crippen LogP contribution in [0.1, 0.15) is 20.3 Å². The summed E-state index contributed by atoms with van der Waals surface area (Å²) in [6, 6.07) is 6.95. The van der Waals surface area contributed by atoms with Gasteiger partial charge in [-0.25, -0.2) is 8.42 Å². The molecule has 3 nitrogen and oxygen atoms in total. The van der Waals surface area contributed by atoms with Crippen LogP contribution in [0.15, 0.2) is 33.6 Å². The summed E-state index contributed by atoms with van der Waals surface area (Å²) in [4.78, 5) is 0.372. The van der Waals surface area contributed by atoms with Gasteiger partial charge in [0.1, 0.15) is 0 Å². The van der Waals surface area contributed by atoms with E-state index in [2.05, 4.69) is 21.2 Å². The summed E-state index contributed by atoms with van der Waals surface area (Å²) < 4.78 is 25.1. The SMILES string of the molecule is CCNC(CC)CS(=O)(=O)c1ccccc1Br. The molecule has 1 atom stereocenters. The molecule has 0 fully saturated rings. The highest BCUT2D eigenvalue weighted by molar-refractivity contribution is 9.10. The molecule has 5 heteroatoms. The molecule has 0 aliphatic rings. The van der Waals surface area contributed by atoms with Crippen molar-refractivity contribution in [3.8, 4) is 0 Å². The molecule has 0 saturated carbocycles. The van der Waals surface area contributed by atoms with Crippen molar-refractivity contribution in [3.05, 3.63) is 28.7 Å². The molecule has 0 spiro atoms. The highest BCUT2D eigenvalue weighted by atomic mass is 79.9. The van der Waals surface area contributed by atoms with Gasteiger partial charge in [-0.05, 0) is 41.0 Å². The van der Waals surface area contributed by atoms with Crippen LogP contribution in [0.4, 0.5) is 0 Å². The predicted molar refractivity (Wildman–Crippen MR) is 74.0 cm³/mol. The lowest BCUT2D eigenvalue weighted by molar-refractivity contribution is 0.533. The topological polar surface area (TPSA) is 46.2 Å². The molecule has 1 aromatic rings. The van der Waals surface area contributed by atoms with Gasteiger partial charge in [-0.3, -0.25) is 0 Å². The normalized spacial score (nSPS) is 13.6. The molecular weight excluding hydrogens is 302 g/mol. The molecule has 1 N–H and O–H groups in total. The first-order chi connectivity index (χ1) is 8.01. The van der Waals surface area contributed by atoms with Gasteiger partial charge in [0.25, 0.3) is 0 Å². The van der Waals surface area contributed by atoms with Gasteiger partial charge < -0.3 is 5.32 Å². The molecule has 1 rings (SSSR count). The van der Waals surface area contributed by atoms with E-state index >= 15 is 0 Å². The summed E-state index contributed by atoms with van der Waals surface area (Å²) in [7, 11) is -3.23. The molecule has 0 amide bonds. The summed E-state index contributed by atoms with van der Waals surface area (Å²) in [6.45, 7) is 4.75. The summed E-state index contributed by atoms with van der Waals surface area (Å²) in [5.41, 5.74) is 0. The minimum Gasteiger partial charge on any atom is -0.313 e. The van der Waals surface area contributed by atoms with E-state index in [1.54, 1.807) is 18.2 Å². The average molecular weight is 320 g/mol. The lowest BCUT2D eigenvalue weighted by Crippen LogP contribution is -2.35. The first kappa shape index (κ1) is 14.7. The number of rotatable bonds is 6. The zero-order chi connectivity index (χ0) is 12.9. The second kappa shape index (κ2) is 6.52. The maximum atomic E-state index is 12.2. The Labute approximate surface area is 112 Å². The molecule has 96 valence electrons. The van der Waals surface area contributed by atoms with Crippen LogP contribution in [0.5, 0.6) is 0 Å². The van der Waals surface area contributed by atoms with Gasteiger partial charge in [-0.1, -0.05) is 26.0 Å². The third kappa shape index (κ3) is 4.08. The van der Waals surface area contributed by atoms with Gasteiger partial charge in [0, 0.05) is 10.5 Å². The van der Waals surface area contributed by atoms with Gasteiger partial charge in [0.05, 0.1) is 10.6 Å². The van der Waals surface area contributed by atoms with Crippen LogP contribution >= 0.6 is 15.9 Å². The van der Waals surface area contributed by atoms with Crippen LogP contribution in [0.2, 0.25) is 0 Å². The summed E-state index contributed by atoms with van der Waals surface area (Å²) in [5, 5.41) is 3.18. The largest absolute Gasteiger partial charge is 0.313 e. The first-order valence-electron chi connectivity index (χ1n) is 5.72. The first-order valence-corrected chi connectivity index (χ1v) is 8.16. The van der Waals surface area contributed by atoms with Crippen molar-refractivity contribution in [1.29, 1.82) is 0 Å². The second-order valence-corrected chi connectivity index (χ2v) is 6.73. The Hall–Kier alpha value is -0.390. The third-order valence-electron chi connectivity index (χ3n) is 2.58. The zero-order valence-electron chi connectivity index (χ0n) is 10.1. The molecule has 0 heterocycles. The van der Waals surface area contributed by atoms with E-state index in [0.29, 0.717) is 9.37 Å². The number of nitrogens with one attached hydrogen (secondary N) is 1. The molecule has 0 radical (unpaired) electrons. The van der Waals surface area contributed by atoms with Gasteiger partial charge in [0.15, 0.2) is 9.84 Å². The Morgan fingerprint density at radius 1 is 1.29 bits per heavy atom. The van der Waals surface area contributed by atoms with Crippen LogP contribution in [-0.2, 0) is 9.84 Å². The average Bonchev–Trinajstić information content (AvgIpc) is 2.28. The van der Waals surface area contributed by atoms with Crippen LogP contribution < -0.4 is 5.32 Å². The summed E-state index contributed by atoms with van der Waals surface area (Å²) in [5.74, 6) is 0.139. The molecule has 0 aromatic heterocycles. The fourth-order valence-corrected chi connectivity index (χ4v) is 4.40. The number of sulfone groups is 1. The lowest BCUT2D eigenvalue weighted by atomic mass is 10.2. The van der Waals surface area contributed by atoms with E-state index in [9.17, 15) is 8.42 Å². The smallest absolute Gasteiger partial charge is 0.181 e. The van der Waals surface area contributed by atoms with Gasteiger partial charge in [-0.15, -0.1) is 0 Å². The molecule has 0 aliphatic carbocycles. The number of hydrogen-bond donors (Lipinski definition) is 1. The maximum absolute atomic E-state index is 12.2. The second-order valence-electron chi connectivity index (χ2n) is 3.87. The fourth-order valence-electron chi connectivity index (χ4n) is 1.66. The van der Waals surface area contributed by atoms with Crippen molar-refractivity contribution in [3.63, 3.8) is 0 Å². The van der Waals surface area contributed by atoms with E-state index in [-0.39, 0.29) is 11.8 Å². The Balaban J connectivity index is 2.92. The van der Waals surface area contributed by atoms with Crippen molar-refractivity contribution < 1.29 is 8.42 Å². The zero-order valence-corrected chi connectivity index (χ0v) is 12.5. The lowest BCUT2D eigenvalue weighted by Gasteiger charge is -2.16. The minimum absolute atomic E-state index is 0.0112. The Bertz CT molecular complexity index is 459. The van der Waals surface area contributed by atoms with E-state index in [0.717, 1.165) is 13.0 Å². The van der Waals surface area contributed by atoms with Crippen molar-refractivity contribution >= 4 is 25.8 Å². The molecule has 0 bridgehead atoms. The minimum atomic E-state index is -3.23. The Kier molecular flexibility index (Phi) is 5.62. The molecule has 1 aromatic carbocycles. The van der Waals surface area contributed by atoms with Crippen LogP contribution in [-0.4, -0.2) is 26.8 Å². The Morgan fingerprint density at radius 2 is 1.94 bits per heavy atom. The standard InChI is InChI=1S/C12H18BrNO2S/c1-3-10(14-4-2)9-17(15,16)12-8-6-5-7-11(12)13/h5-8,10,14H,3-4,9H2,1-2H3. The maximum Gasteiger partial charge on any atom is 0.181 e. The number of halogens is 1. The number of hydrogen-bond acceptors (Lipinski definition) is 3. The summed E-state index contributed by atoms with van der Waals surface area (Å²) in [6.07, 6.45) is 0.803. The van der Waals surface area contributed by atoms with Crippen molar-refractivity contribution in [2.45, 2.75) is 31.2 Å². The predicted octanol–water partition coefficient (Wildman–Crippen LogP) is 2.61. The van der Waals surface area contributed by atoms with Crippen LogP contribution in [0, 0.1) is 0 Å². The van der Waals surface area contributed by atoms with E-state index in [1.807, 2.05) is 19.9 Å². The molecule has 1 unspecified atom stereocenters. The van der Waals surface area contributed by atoms with Gasteiger partial charge >= 0.3 is 0 Å². The monoisotopic (exact) mass is 319 g/mol. The molecule has 0 aliphatic heterocycles. The number of benzene rings is 1. The van der Waals surface area contributed by atoms with E-state index in [1.165, 1.54) is 0 Å². The summed E-state index contributed by atoms with van der Waals surface area (Å²) >= 11 is 3.28.